The summed E-state index contributed by atoms with van der Waals surface area (Å²) in [5.74, 6) is -6.06. The summed E-state index contributed by atoms with van der Waals surface area (Å²) in [7, 11) is 0. The molecule has 0 radical (unpaired) electrons. The monoisotopic (exact) mass is 297 g/mol. The molecule has 1 N–H and O–H groups in total. The van der Waals surface area contributed by atoms with Gasteiger partial charge in [-0.15, -0.1) is 0 Å². The minimum absolute atomic E-state index is 0.249. The van der Waals surface area contributed by atoms with Gasteiger partial charge in [-0.1, -0.05) is 0 Å². The van der Waals surface area contributed by atoms with E-state index in [2.05, 4.69) is 0 Å². The normalized spacial score (nSPS) is 10.4. The topological polar surface area (TPSA) is 111 Å². The zero-order valence-corrected chi connectivity index (χ0v) is 10.0. The van der Waals surface area contributed by atoms with Crippen LogP contribution in [0.1, 0.15) is 20.9 Å². The fraction of sp³-hybridized carbons (Fsp3) is 0. The molecule has 0 saturated carbocycles. The van der Waals surface area contributed by atoms with Crippen LogP contribution in [0.25, 0.3) is 11.3 Å². The Kier molecular flexibility index (Phi) is 3.49. The van der Waals surface area contributed by atoms with E-state index in [1.54, 1.807) is 0 Å². The summed E-state index contributed by atoms with van der Waals surface area (Å²) in [6, 6.07) is 2.53. The highest BCUT2D eigenvalue weighted by atomic mass is 19.2. The summed E-state index contributed by atoms with van der Waals surface area (Å²) in [5, 5.41) is 19.6. The third-order valence-corrected chi connectivity index (χ3v) is 2.60. The third-order valence-electron chi connectivity index (χ3n) is 2.60. The Labute approximate surface area is 114 Å². The molecule has 0 aliphatic heterocycles. The van der Waals surface area contributed by atoms with Gasteiger partial charge in [-0.25, -0.2) is 13.6 Å². The van der Waals surface area contributed by atoms with Crippen molar-refractivity contribution in [1.29, 1.82) is 0 Å². The summed E-state index contributed by atoms with van der Waals surface area (Å²) in [6.45, 7) is 0. The molecular formula is C12H5F2NO6. The van der Waals surface area contributed by atoms with E-state index >= 15 is 0 Å². The van der Waals surface area contributed by atoms with E-state index < -0.39 is 45.1 Å². The molecule has 0 saturated heterocycles. The maximum atomic E-state index is 14.0. The summed E-state index contributed by atoms with van der Waals surface area (Å²) >= 11 is 0. The summed E-state index contributed by atoms with van der Waals surface area (Å²) in [4.78, 5) is 31.1. The summed E-state index contributed by atoms with van der Waals surface area (Å²) in [6.07, 6.45) is 0.273. The first-order valence-corrected chi connectivity index (χ1v) is 5.32. The molecule has 1 heterocycles. The van der Waals surface area contributed by atoms with E-state index in [1.807, 2.05) is 0 Å². The van der Waals surface area contributed by atoms with Crippen molar-refractivity contribution in [3.8, 4) is 11.3 Å². The molecule has 0 amide bonds. The lowest BCUT2D eigenvalue weighted by atomic mass is 10.1. The lowest BCUT2D eigenvalue weighted by Gasteiger charge is -2.05. The molecule has 0 fully saturated rings. The van der Waals surface area contributed by atoms with Crippen LogP contribution in [-0.4, -0.2) is 22.3 Å². The lowest BCUT2D eigenvalue weighted by Crippen LogP contribution is -2.07. The number of hydrogen-bond donors (Lipinski definition) is 1. The van der Waals surface area contributed by atoms with Crippen LogP contribution in [0.15, 0.2) is 22.6 Å². The number of nitro benzene ring substituents is 1. The number of carboxylic acid groups (broad SMARTS) is 1. The Balaban J connectivity index is 2.80. The van der Waals surface area contributed by atoms with Crippen LogP contribution in [0, 0.1) is 21.7 Å². The van der Waals surface area contributed by atoms with E-state index in [0.717, 1.165) is 12.1 Å². The van der Waals surface area contributed by atoms with Crippen molar-refractivity contribution in [3.05, 3.63) is 51.3 Å². The molecule has 108 valence electrons. The van der Waals surface area contributed by atoms with E-state index in [-0.39, 0.29) is 12.0 Å². The largest absolute Gasteiger partial charge is 0.478 e. The van der Waals surface area contributed by atoms with Crippen molar-refractivity contribution in [2.75, 3.05) is 0 Å². The van der Waals surface area contributed by atoms with Gasteiger partial charge in [-0.05, 0) is 12.1 Å². The van der Waals surface area contributed by atoms with Crippen LogP contribution >= 0.6 is 0 Å². The molecule has 0 unspecified atom stereocenters. The Hall–Kier alpha value is -3.10. The van der Waals surface area contributed by atoms with Gasteiger partial charge in [-0.2, -0.15) is 0 Å². The summed E-state index contributed by atoms with van der Waals surface area (Å²) in [5.41, 5.74) is -3.03. The number of carbonyl (C=O) groups is 2. The number of nitro groups is 1. The summed E-state index contributed by atoms with van der Waals surface area (Å²) < 4.78 is 32.4. The minimum atomic E-state index is -1.85. The van der Waals surface area contributed by atoms with Gasteiger partial charge in [0.15, 0.2) is 23.7 Å². The van der Waals surface area contributed by atoms with E-state index in [1.165, 1.54) is 0 Å². The molecular weight excluding hydrogens is 292 g/mol. The highest BCUT2D eigenvalue weighted by molar-refractivity contribution is 5.91. The van der Waals surface area contributed by atoms with Gasteiger partial charge in [0.25, 0.3) is 5.69 Å². The molecule has 7 nitrogen and oxygen atoms in total. The second-order valence-corrected chi connectivity index (χ2v) is 3.83. The molecule has 0 bridgehead atoms. The number of nitrogens with zero attached hydrogens (tertiary/aromatic N) is 1. The molecule has 2 aromatic rings. The van der Waals surface area contributed by atoms with Crippen molar-refractivity contribution in [3.63, 3.8) is 0 Å². The highest BCUT2D eigenvalue weighted by Gasteiger charge is 2.30. The van der Waals surface area contributed by atoms with Gasteiger partial charge in [0.05, 0.1) is 4.92 Å². The number of furan rings is 1. The SMILES string of the molecule is O=Cc1ccc(-c2c([N+](=O)[O-])cc(C(=O)O)c(F)c2F)o1. The van der Waals surface area contributed by atoms with Gasteiger partial charge >= 0.3 is 5.97 Å². The molecule has 0 atom stereocenters. The number of rotatable bonds is 4. The van der Waals surface area contributed by atoms with Gasteiger partial charge in [-0.3, -0.25) is 14.9 Å². The first-order chi connectivity index (χ1) is 9.86. The van der Waals surface area contributed by atoms with E-state index in [0.29, 0.717) is 6.07 Å². The van der Waals surface area contributed by atoms with Crippen molar-refractivity contribution >= 4 is 17.9 Å². The predicted molar refractivity (Wildman–Crippen MR) is 63.1 cm³/mol. The highest BCUT2D eigenvalue weighted by Crippen LogP contribution is 2.36. The van der Waals surface area contributed by atoms with Crippen molar-refractivity contribution in [2.24, 2.45) is 0 Å². The lowest BCUT2D eigenvalue weighted by molar-refractivity contribution is -0.384. The van der Waals surface area contributed by atoms with Crippen LogP contribution in [-0.2, 0) is 0 Å². The van der Waals surface area contributed by atoms with Crippen molar-refractivity contribution in [2.45, 2.75) is 0 Å². The fourth-order valence-corrected chi connectivity index (χ4v) is 1.70. The van der Waals surface area contributed by atoms with Crippen LogP contribution < -0.4 is 0 Å². The molecule has 0 spiro atoms. The Morgan fingerprint density at radius 2 is 2.00 bits per heavy atom. The number of halogens is 2. The van der Waals surface area contributed by atoms with Crippen LogP contribution in [0.2, 0.25) is 0 Å². The van der Waals surface area contributed by atoms with Crippen molar-refractivity contribution < 1.29 is 32.8 Å². The first-order valence-electron chi connectivity index (χ1n) is 5.32. The molecule has 0 aliphatic rings. The standard InChI is InChI=1S/C12H5F2NO6/c13-10-6(12(17)18)3-7(15(19)20)9(11(10)14)8-2-1-5(4-16)21-8/h1-4H,(H,17,18). The Bertz CT molecular complexity index is 767. The fourth-order valence-electron chi connectivity index (χ4n) is 1.70. The number of benzene rings is 1. The third kappa shape index (κ3) is 2.36. The van der Waals surface area contributed by atoms with Gasteiger partial charge < -0.3 is 9.52 Å². The molecule has 0 aliphatic carbocycles. The maximum Gasteiger partial charge on any atom is 0.339 e. The van der Waals surface area contributed by atoms with Gasteiger partial charge in [0.1, 0.15) is 16.9 Å². The van der Waals surface area contributed by atoms with E-state index in [4.69, 9.17) is 9.52 Å². The van der Waals surface area contributed by atoms with Gasteiger partial charge in [0, 0.05) is 6.07 Å². The average Bonchev–Trinajstić information content (AvgIpc) is 2.89. The van der Waals surface area contributed by atoms with Gasteiger partial charge in [0.2, 0.25) is 0 Å². The van der Waals surface area contributed by atoms with Crippen molar-refractivity contribution in [1.82, 2.24) is 0 Å². The molecule has 2 rings (SSSR count). The number of hydrogen-bond acceptors (Lipinski definition) is 5. The quantitative estimate of drug-likeness (QED) is 0.527. The molecule has 1 aromatic carbocycles. The Morgan fingerprint density at radius 3 is 2.48 bits per heavy atom. The smallest absolute Gasteiger partial charge is 0.339 e. The minimum Gasteiger partial charge on any atom is -0.478 e. The molecule has 21 heavy (non-hydrogen) atoms. The molecule has 1 aromatic heterocycles. The van der Waals surface area contributed by atoms with Crippen LogP contribution in [0.5, 0.6) is 0 Å². The number of aldehydes is 1. The van der Waals surface area contributed by atoms with Crippen LogP contribution in [0.4, 0.5) is 14.5 Å². The zero-order valence-electron chi connectivity index (χ0n) is 10.0. The second-order valence-electron chi connectivity index (χ2n) is 3.83. The molecule has 9 heteroatoms. The number of aromatic carboxylic acids is 1. The average molecular weight is 297 g/mol. The maximum absolute atomic E-state index is 14.0. The number of carboxylic acids is 1. The second kappa shape index (κ2) is 5.12. The predicted octanol–water partition coefficient (Wildman–Crippen LogP) is 2.64. The first kappa shape index (κ1) is 14.3. The Morgan fingerprint density at radius 1 is 1.33 bits per heavy atom. The zero-order chi connectivity index (χ0) is 15.7. The number of carbonyl (C=O) groups excluding carboxylic acids is 1. The van der Waals surface area contributed by atoms with Crippen LogP contribution in [0.3, 0.4) is 0 Å². The van der Waals surface area contributed by atoms with E-state index in [9.17, 15) is 28.5 Å².